The van der Waals surface area contributed by atoms with E-state index in [4.69, 9.17) is 0 Å². The molecule has 0 aliphatic heterocycles. The van der Waals surface area contributed by atoms with Gasteiger partial charge in [-0.15, -0.1) is 12.6 Å². The number of rotatable bonds is 2. The van der Waals surface area contributed by atoms with Crippen molar-refractivity contribution in [2.75, 3.05) is 0 Å². The first-order valence-corrected chi connectivity index (χ1v) is 6.26. The van der Waals surface area contributed by atoms with Gasteiger partial charge in [-0.25, -0.2) is 0 Å². The molecule has 2 aromatic rings. The number of carbonyl (C=O) groups is 1. The van der Waals surface area contributed by atoms with Crippen molar-refractivity contribution in [3.05, 3.63) is 53.6 Å². The van der Waals surface area contributed by atoms with Crippen LogP contribution in [-0.4, -0.2) is 12.0 Å². The number of benzene rings is 2. The summed E-state index contributed by atoms with van der Waals surface area (Å²) in [4.78, 5) is 11.4. The molecule has 5 heteroatoms. The number of alkyl halides is 3. The Bertz CT molecular complexity index is 645. The fraction of sp³-hybridized carbons (Fsp3) is 0.133. The van der Waals surface area contributed by atoms with Crippen LogP contribution >= 0.6 is 12.6 Å². The Kier molecular flexibility index (Phi) is 3.90. The second kappa shape index (κ2) is 5.32. The molecule has 0 saturated heterocycles. The summed E-state index contributed by atoms with van der Waals surface area (Å²) in [6.07, 6.45) is -4.90. The molecule has 0 saturated carbocycles. The van der Waals surface area contributed by atoms with Gasteiger partial charge >= 0.3 is 6.18 Å². The van der Waals surface area contributed by atoms with Crippen LogP contribution in [0.4, 0.5) is 13.2 Å². The topological polar surface area (TPSA) is 17.1 Å². The highest BCUT2D eigenvalue weighted by Gasteiger charge is 2.40. The van der Waals surface area contributed by atoms with Crippen LogP contribution in [0.2, 0.25) is 0 Å². The molecule has 0 radical (unpaired) electrons. The molecule has 0 bridgehead atoms. The third-order valence-corrected chi connectivity index (χ3v) is 3.38. The summed E-state index contributed by atoms with van der Waals surface area (Å²) in [5.41, 5.74) is 1.83. The van der Waals surface area contributed by atoms with E-state index in [0.717, 1.165) is 17.2 Å². The van der Waals surface area contributed by atoms with Crippen molar-refractivity contribution in [2.24, 2.45) is 0 Å². The van der Waals surface area contributed by atoms with Gasteiger partial charge in [0.25, 0.3) is 5.78 Å². The van der Waals surface area contributed by atoms with E-state index in [1.165, 1.54) is 6.07 Å². The number of hydrogen-bond donors (Lipinski definition) is 1. The SMILES string of the molecule is Cc1ccc(-c2cccc(C(=O)C(F)(F)F)c2S)cc1. The Labute approximate surface area is 119 Å². The molecule has 0 heterocycles. The van der Waals surface area contributed by atoms with E-state index in [0.29, 0.717) is 5.56 Å². The van der Waals surface area contributed by atoms with Crippen LogP contribution in [-0.2, 0) is 0 Å². The van der Waals surface area contributed by atoms with E-state index in [1.807, 2.05) is 19.1 Å². The third-order valence-electron chi connectivity index (χ3n) is 2.90. The van der Waals surface area contributed by atoms with Crippen LogP contribution in [0.5, 0.6) is 0 Å². The maximum atomic E-state index is 12.5. The summed E-state index contributed by atoms with van der Waals surface area (Å²) in [5, 5.41) is 0. The zero-order chi connectivity index (χ0) is 14.9. The number of aryl methyl sites for hydroxylation is 1. The fourth-order valence-electron chi connectivity index (χ4n) is 1.85. The summed E-state index contributed by atoms with van der Waals surface area (Å²) in [6, 6.07) is 11.5. The molecule has 2 aromatic carbocycles. The lowest BCUT2D eigenvalue weighted by molar-refractivity contribution is -0.0887. The molecule has 0 spiro atoms. The summed E-state index contributed by atoms with van der Waals surface area (Å²) >= 11 is 4.10. The Morgan fingerprint density at radius 2 is 1.65 bits per heavy atom. The monoisotopic (exact) mass is 296 g/mol. The molecule has 0 N–H and O–H groups in total. The summed E-state index contributed by atoms with van der Waals surface area (Å²) in [5.74, 6) is -1.88. The molecule has 20 heavy (non-hydrogen) atoms. The number of hydrogen-bond acceptors (Lipinski definition) is 2. The van der Waals surface area contributed by atoms with E-state index in [-0.39, 0.29) is 4.90 Å². The molecule has 0 fully saturated rings. The van der Waals surface area contributed by atoms with Crippen LogP contribution < -0.4 is 0 Å². The number of halogens is 3. The highest BCUT2D eigenvalue weighted by atomic mass is 32.1. The van der Waals surface area contributed by atoms with Gasteiger partial charge in [0.15, 0.2) is 0 Å². The highest BCUT2D eigenvalue weighted by Crippen LogP contribution is 2.32. The molecule has 0 aliphatic rings. The molecule has 0 aliphatic carbocycles. The molecule has 2 rings (SSSR count). The van der Waals surface area contributed by atoms with Gasteiger partial charge in [0.1, 0.15) is 0 Å². The molecular formula is C15H11F3OS. The highest BCUT2D eigenvalue weighted by molar-refractivity contribution is 7.80. The first kappa shape index (κ1) is 14.7. The number of ketones is 1. The lowest BCUT2D eigenvalue weighted by Crippen LogP contribution is -2.23. The summed E-state index contributed by atoms with van der Waals surface area (Å²) in [6.45, 7) is 1.91. The number of thiol groups is 1. The Morgan fingerprint density at radius 1 is 1.05 bits per heavy atom. The van der Waals surface area contributed by atoms with Gasteiger partial charge in [0.2, 0.25) is 0 Å². The minimum Gasteiger partial charge on any atom is -0.284 e. The van der Waals surface area contributed by atoms with Gasteiger partial charge in [0, 0.05) is 10.5 Å². The van der Waals surface area contributed by atoms with Crippen LogP contribution in [0.3, 0.4) is 0 Å². The minimum atomic E-state index is -4.90. The Hall–Kier alpha value is -1.75. The smallest absolute Gasteiger partial charge is 0.284 e. The lowest BCUT2D eigenvalue weighted by Gasteiger charge is -2.11. The van der Waals surface area contributed by atoms with Crippen molar-refractivity contribution < 1.29 is 18.0 Å². The van der Waals surface area contributed by atoms with E-state index >= 15 is 0 Å². The molecule has 104 valence electrons. The standard InChI is InChI=1S/C15H11F3OS/c1-9-5-7-10(8-6-9)11-3-2-4-12(13(11)20)14(19)15(16,17)18/h2-8,20H,1H3. The number of Topliss-reactive ketones (excluding diaryl/α,β-unsaturated/α-hetero) is 1. The van der Waals surface area contributed by atoms with E-state index in [2.05, 4.69) is 12.6 Å². The van der Waals surface area contributed by atoms with Gasteiger partial charge in [0.05, 0.1) is 0 Å². The molecule has 0 aromatic heterocycles. The average Bonchev–Trinajstić information content (AvgIpc) is 2.38. The van der Waals surface area contributed by atoms with Crippen molar-refractivity contribution >= 4 is 18.4 Å². The first-order chi connectivity index (χ1) is 9.30. The van der Waals surface area contributed by atoms with Crippen LogP contribution in [0.1, 0.15) is 15.9 Å². The zero-order valence-electron chi connectivity index (χ0n) is 10.5. The normalized spacial score (nSPS) is 11.4. The average molecular weight is 296 g/mol. The van der Waals surface area contributed by atoms with Crippen molar-refractivity contribution in [3.63, 3.8) is 0 Å². The predicted molar refractivity (Wildman–Crippen MR) is 74.3 cm³/mol. The van der Waals surface area contributed by atoms with E-state index in [9.17, 15) is 18.0 Å². The Morgan fingerprint density at radius 3 is 2.20 bits per heavy atom. The van der Waals surface area contributed by atoms with Gasteiger partial charge in [-0.3, -0.25) is 4.79 Å². The third kappa shape index (κ3) is 2.88. The molecule has 0 atom stereocenters. The molecule has 1 nitrogen and oxygen atoms in total. The van der Waals surface area contributed by atoms with Gasteiger partial charge in [-0.2, -0.15) is 13.2 Å². The molecule has 0 amide bonds. The lowest BCUT2D eigenvalue weighted by atomic mass is 10.00. The Balaban J connectivity index is 2.53. The van der Waals surface area contributed by atoms with Crippen LogP contribution in [0.25, 0.3) is 11.1 Å². The fourth-order valence-corrected chi connectivity index (χ4v) is 2.23. The van der Waals surface area contributed by atoms with Gasteiger partial charge < -0.3 is 0 Å². The molecule has 0 unspecified atom stereocenters. The predicted octanol–water partition coefficient (Wildman–Crippen LogP) is 4.70. The van der Waals surface area contributed by atoms with Crippen molar-refractivity contribution in [3.8, 4) is 11.1 Å². The van der Waals surface area contributed by atoms with Crippen LogP contribution in [0.15, 0.2) is 47.4 Å². The van der Waals surface area contributed by atoms with Crippen molar-refractivity contribution in [1.82, 2.24) is 0 Å². The number of carbonyl (C=O) groups excluding carboxylic acids is 1. The second-order valence-corrected chi connectivity index (χ2v) is 4.84. The zero-order valence-corrected chi connectivity index (χ0v) is 11.4. The molecular weight excluding hydrogens is 285 g/mol. The maximum Gasteiger partial charge on any atom is 0.454 e. The second-order valence-electron chi connectivity index (χ2n) is 4.39. The summed E-state index contributed by atoms with van der Waals surface area (Å²) < 4.78 is 37.6. The van der Waals surface area contributed by atoms with Crippen molar-refractivity contribution in [1.29, 1.82) is 0 Å². The maximum absolute atomic E-state index is 12.5. The quantitative estimate of drug-likeness (QED) is 0.628. The minimum absolute atomic E-state index is 0.0404. The van der Waals surface area contributed by atoms with Crippen molar-refractivity contribution in [2.45, 2.75) is 18.0 Å². The van der Waals surface area contributed by atoms with Gasteiger partial charge in [-0.05, 0) is 24.1 Å². The van der Waals surface area contributed by atoms with E-state index < -0.39 is 17.5 Å². The van der Waals surface area contributed by atoms with Crippen LogP contribution in [0, 0.1) is 6.92 Å². The first-order valence-electron chi connectivity index (χ1n) is 5.81. The van der Waals surface area contributed by atoms with Gasteiger partial charge in [-0.1, -0.05) is 42.0 Å². The van der Waals surface area contributed by atoms with E-state index in [1.54, 1.807) is 18.2 Å². The largest absolute Gasteiger partial charge is 0.454 e. The summed E-state index contributed by atoms with van der Waals surface area (Å²) in [7, 11) is 0.